The molecule has 5 heteroatoms. The van der Waals surface area contributed by atoms with Gasteiger partial charge < -0.3 is 0 Å². The van der Waals surface area contributed by atoms with Gasteiger partial charge in [0.1, 0.15) is 5.69 Å². The molecule has 2 aromatic rings. The minimum absolute atomic E-state index is 0.514. The largest absolute Gasteiger partial charge is 0.197 e. The maximum atomic E-state index is 6.08. The highest BCUT2D eigenvalue weighted by Gasteiger charge is 2.12. The Morgan fingerprint density at radius 1 is 1.29 bits per heavy atom. The van der Waals surface area contributed by atoms with Gasteiger partial charge in [-0.3, -0.25) is 0 Å². The molecule has 0 amide bonds. The summed E-state index contributed by atoms with van der Waals surface area (Å²) in [5.41, 5.74) is 2.55. The van der Waals surface area contributed by atoms with Crippen LogP contribution in [0.15, 0.2) is 18.3 Å². The minimum atomic E-state index is 0.514. The summed E-state index contributed by atoms with van der Waals surface area (Å²) < 4.78 is 0. The van der Waals surface area contributed by atoms with Gasteiger partial charge in [0.05, 0.1) is 16.2 Å². The summed E-state index contributed by atoms with van der Waals surface area (Å²) in [6.07, 6.45) is 1.62. The zero-order valence-electron chi connectivity index (χ0n) is 7.38. The smallest absolute Gasteiger partial charge is 0.114 e. The van der Waals surface area contributed by atoms with Crippen LogP contribution in [0, 0.1) is 6.92 Å². The van der Waals surface area contributed by atoms with E-state index in [1.807, 2.05) is 13.0 Å². The van der Waals surface area contributed by atoms with Gasteiger partial charge in [-0.05, 0) is 18.6 Å². The van der Waals surface area contributed by atoms with Gasteiger partial charge in [-0.25, -0.2) is 0 Å². The first kappa shape index (κ1) is 9.49. The molecule has 0 aliphatic heterocycles. The second-order valence-electron chi connectivity index (χ2n) is 2.91. The molecule has 0 saturated carbocycles. The van der Waals surface area contributed by atoms with Crippen molar-refractivity contribution in [3.05, 3.63) is 33.9 Å². The number of hydrogen-bond donors (Lipinski definition) is 1. The summed E-state index contributed by atoms with van der Waals surface area (Å²) in [7, 11) is 0. The summed E-state index contributed by atoms with van der Waals surface area (Å²) >= 11 is 12.0. The van der Waals surface area contributed by atoms with E-state index in [0.717, 1.165) is 11.1 Å². The summed E-state index contributed by atoms with van der Waals surface area (Å²) in [5, 5.41) is 11.3. The van der Waals surface area contributed by atoms with E-state index in [1.165, 1.54) is 0 Å². The van der Waals surface area contributed by atoms with Crippen LogP contribution in [0.4, 0.5) is 0 Å². The first-order valence-corrected chi connectivity index (χ1v) is 4.76. The zero-order valence-corrected chi connectivity index (χ0v) is 8.89. The van der Waals surface area contributed by atoms with Crippen molar-refractivity contribution in [1.82, 2.24) is 15.4 Å². The van der Waals surface area contributed by atoms with Crippen LogP contribution in [0.1, 0.15) is 5.56 Å². The van der Waals surface area contributed by atoms with E-state index in [1.54, 1.807) is 12.3 Å². The second kappa shape index (κ2) is 3.59. The quantitative estimate of drug-likeness (QED) is 0.814. The van der Waals surface area contributed by atoms with Gasteiger partial charge in [0.15, 0.2) is 0 Å². The van der Waals surface area contributed by atoms with Crippen molar-refractivity contribution in [3.8, 4) is 11.3 Å². The van der Waals surface area contributed by atoms with Crippen LogP contribution in [-0.2, 0) is 0 Å². The van der Waals surface area contributed by atoms with Gasteiger partial charge in [-0.2, -0.15) is 15.4 Å². The molecule has 2 rings (SSSR count). The lowest BCUT2D eigenvalue weighted by Crippen LogP contribution is -1.86. The Morgan fingerprint density at radius 3 is 2.71 bits per heavy atom. The molecule has 72 valence electrons. The Morgan fingerprint density at radius 2 is 2.07 bits per heavy atom. The van der Waals surface area contributed by atoms with Crippen molar-refractivity contribution in [2.24, 2.45) is 0 Å². The van der Waals surface area contributed by atoms with Crippen LogP contribution >= 0.6 is 23.2 Å². The van der Waals surface area contributed by atoms with Crippen LogP contribution in [-0.4, -0.2) is 15.4 Å². The van der Waals surface area contributed by atoms with Crippen molar-refractivity contribution < 1.29 is 0 Å². The van der Waals surface area contributed by atoms with Gasteiger partial charge in [-0.1, -0.05) is 29.3 Å². The van der Waals surface area contributed by atoms with Crippen molar-refractivity contribution in [2.45, 2.75) is 6.92 Å². The number of aromatic amines is 1. The van der Waals surface area contributed by atoms with Gasteiger partial charge in [0, 0.05) is 5.56 Å². The molecule has 14 heavy (non-hydrogen) atoms. The predicted octanol–water partition coefficient (Wildman–Crippen LogP) is 3.09. The summed E-state index contributed by atoms with van der Waals surface area (Å²) in [6.45, 7) is 1.95. The third-order valence-electron chi connectivity index (χ3n) is 1.97. The van der Waals surface area contributed by atoms with E-state index in [0.29, 0.717) is 15.7 Å². The number of aromatic nitrogens is 3. The molecule has 0 atom stereocenters. The van der Waals surface area contributed by atoms with Crippen LogP contribution in [0.3, 0.4) is 0 Å². The van der Waals surface area contributed by atoms with Crippen molar-refractivity contribution in [1.29, 1.82) is 0 Å². The average Bonchev–Trinajstić information content (AvgIpc) is 2.65. The number of halogens is 2. The highest BCUT2D eigenvalue weighted by atomic mass is 35.5. The number of nitrogens with zero attached hydrogens (tertiary/aromatic N) is 2. The number of aryl methyl sites for hydroxylation is 1. The third kappa shape index (κ3) is 1.49. The maximum absolute atomic E-state index is 6.08. The van der Waals surface area contributed by atoms with Gasteiger partial charge in [-0.15, -0.1) is 0 Å². The normalized spacial score (nSPS) is 10.5. The minimum Gasteiger partial charge on any atom is -0.197 e. The van der Waals surface area contributed by atoms with E-state index in [-0.39, 0.29) is 0 Å². The molecular weight excluding hydrogens is 221 g/mol. The lowest BCUT2D eigenvalue weighted by molar-refractivity contribution is 0.942. The molecule has 1 aromatic carbocycles. The molecule has 0 spiro atoms. The first-order chi connectivity index (χ1) is 6.70. The Labute approximate surface area is 91.0 Å². The molecule has 1 N–H and O–H groups in total. The summed E-state index contributed by atoms with van der Waals surface area (Å²) in [6, 6.07) is 3.67. The van der Waals surface area contributed by atoms with Crippen LogP contribution in [0.5, 0.6) is 0 Å². The molecule has 0 fully saturated rings. The van der Waals surface area contributed by atoms with E-state index in [4.69, 9.17) is 23.2 Å². The average molecular weight is 228 g/mol. The summed E-state index contributed by atoms with van der Waals surface area (Å²) in [5.74, 6) is 0. The van der Waals surface area contributed by atoms with E-state index in [9.17, 15) is 0 Å². The fraction of sp³-hybridized carbons (Fsp3) is 0.111. The number of benzene rings is 1. The molecule has 1 heterocycles. The molecule has 1 aromatic heterocycles. The fourth-order valence-corrected chi connectivity index (χ4v) is 1.75. The van der Waals surface area contributed by atoms with Crippen LogP contribution in [0.2, 0.25) is 10.0 Å². The number of H-pyrrole nitrogens is 1. The molecule has 0 radical (unpaired) electrons. The first-order valence-electron chi connectivity index (χ1n) is 4.01. The zero-order chi connectivity index (χ0) is 10.1. The second-order valence-corrected chi connectivity index (χ2v) is 3.69. The topological polar surface area (TPSA) is 41.6 Å². The Bertz CT molecular complexity index is 451. The number of rotatable bonds is 1. The molecule has 0 unspecified atom stereocenters. The van der Waals surface area contributed by atoms with E-state index < -0.39 is 0 Å². The maximum Gasteiger partial charge on any atom is 0.114 e. The summed E-state index contributed by atoms with van der Waals surface area (Å²) in [4.78, 5) is 0. The highest BCUT2D eigenvalue weighted by Crippen LogP contribution is 2.34. The number of hydrogen-bond acceptors (Lipinski definition) is 2. The fourth-order valence-electron chi connectivity index (χ4n) is 1.28. The lowest BCUT2D eigenvalue weighted by atomic mass is 10.1. The number of nitrogens with one attached hydrogen (secondary N) is 1. The van der Waals surface area contributed by atoms with Gasteiger partial charge >= 0.3 is 0 Å². The predicted molar refractivity (Wildman–Crippen MR) is 56.6 cm³/mol. The Hall–Kier alpha value is -1.06. The highest BCUT2D eigenvalue weighted by molar-refractivity contribution is 6.43. The standard InChI is InChI=1S/C9H7Cl2N3/c1-5-2-3-6(10)9(11)8(5)7-4-12-14-13-7/h2-4H,1H3,(H,12,13,14). The molecule has 0 bridgehead atoms. The molecule has 0 aliphatic carbocycles. The Kier molecular flexibility index (Phi) is 2.44. The monoisotopic (exact) mass is 227 g/mol. The van der Waals surface area contributed by atoms with E-state index in [2.05, 4.69) is 15.4 Å². The third-order valence-corrected chi connectivity index (χ3v) is 2.78. The van der Waals surface area contributed by atoms with Crippen molar-refractivity contribution >= 4 is 23.2 Å². The van der Waals surface area contributed by atoms with Crippen molar-refractivity contribution in [2.75, 3.05) is 0 Å². The van der Waals surface area contributed by atoms with Gasteiger partial charge in [0.25, 0.3) is 0 Å². The molecular formula is C9H7Cl2N3. The Balaban J connectivity index is 2.69. The van der Waals surface area contributed by atoms with E-state index >= 15 is 0 Å². The molecule has 0 aliphatic rings. The SMILES string of the molecule is Cc1ccc(Cl)c(Cl)c1-c1cn[nH]n1. The van der Waals surface area contributed by atoms with Gasteiger partial charge in [0.2, 0.25) is 0 Å². The van der Waals surface area contributed by atoms with Crippen LogP contribution in [0.25, 0.3) is 11.3 Å². The lowest BCUT2D eigenvalue weighted by Gasteiger charge is -2.05. The van der Waals surface area contributed by atoms with Crippen molar-refractivity contribution in [3.63, 3.8) is 0 Å². The van der Waals surface area contributed by atoms with Crippen LogP contribution < -0.4 is 0 Å². The molecule has 3 nitrogen and oxygen atoms in total. The molecule has 0 saturated heterocycles.